The van der Waals surface area contributed by atoms with Crippen molar-refractivity contribution in [1.29, 1.82) is 0 Å². The van der Waals surface area contributed by atoms with Crippen molar-refractivity contribution in [3.05, 3.63) is 57.0 Å². The largest absolute Gasteiger partial charge is 0.496 e. The molecule has 0 aromatic heterocycles. The second kappa shape index (κ2) is 9.80. The first kappa shape index (κ1) is 20.6. The van der Waals surface area contributed by atoms with Crippen LogP contribution in [0.4, 0.5) is 0 Å². The number of benzene rings is 2. The van der Waals surface area contributed by atoms with Gasteiger partial charge in [-0.25, -0.2) is 0 Å². The molecule has 0 aliphatic heterocycles. The van der Waals surface area contributed by atoms with E-state index < -0.39 is 12.0 Å². The Labute approximate surface area is 166 Å². The summed E-state index contributed by atoms with van der Waals surface area (Å²) in [4.78, 5) is 11.7. The summed E-state index contributed by atoms with van der Waals surface area (Å²) in [5.41, 5.74) is 7.62. The van der Waals surface area contributed by atoms with E-state index in [1.165, 1.54) is 0 Å². The Kier molecular flexibility index (Phi) is 7.75. The molecular weight excluding hydrogens is 422 g/mol. The highest BCUT2D eigenvalue weighted by Gasteiger charge is 2.16. The third-order valence-corrected chi connectivity index (χ3v) is 4.46. The number of rotatable bonds is 8. The molecule has 2 aromatic rings. The molecule has 2 rings (SSSR count). The number of halogens is 2. The van der Waals surface area contributed by atoms with E-state index in [0.29, 0.717) is 29.5 Å². The van der Waals surface area contributed by atoms with Gasteiger partial charge in [-0.3, -0.25) is 4.79 Å². The predicted molar refractivity (Wildman–Crippen MR) is 105 cm³/mol. The summed E-state index contributed by atoms with van der Waals surface area (Å²) in [5.74, 6) is 0.847. The molecule has 0 amide bonds. The highest BCUT2D eigenvalue weighted by molar-refractivity contribution is 9.10. The number of ether oxygens (including phenoxy) is 3. The molecule has 7 heteroatoms. The number of carbonyl (C=O) groups is 1. The van der Waals surface area contributed by atoms with Crippen LogP contribution in [-0.2, 0) is 22.6 Å². The maximum atomic E-state index is 11.7. The van der Waals surface area contributed by atoms with Gasteiger partial charge in [0.1, 0.15) is 24.1 Å². The second-order valence-electron chi connectivity index (χ2n) is 5.57. The van der Waals surface area contributed by atoms with Gasteiger partial charge in [0.15, 0.2) is 0 Å². The standard InChI is InChI=1S/C19H21BrClNO4/c1-3-25-19(23)16(22)9-12-4-6-17(24-2)13(8-12)11-26-18-7-5-14(20)10-15(18)21/h4-8,10,16H,3,9,11,22H2,1-2H3. The summed E-state index contributed by atoms with van der Waals surface area (Å²) in [6, 6.07) is 10.3. The second-order valence-corrected chi connectivity index (χ2v) is 6.90. The fourth-order valence-corrected chi connectivity index (χ4v) is 3.13. The Balaban J connectivity index is 2.12. The van der Waals surface area contributed by atoms with Gasteiger partial charge in [-0.15, -0.1) is 0 Å². The Bertz CT molecular complexity index is 769. The summed E-state index contributed by atoms with van der Waals surface area (Å²) in [6.07, 6.45) is 0.370. The van der Waals surface area contributed by atoms with Crippen LogP contribution in [0.1, 0.15) is 18.1 Å². The molecule has 5 nitrogen and oxygen atoms in total. The third-order valence-electron chi connectivity index (χ3n) is 3.67. The monoisotopic (exact) mass is 441 g/mol. The molecule has 0 spiro atoms. The van der Waals surface area contributed by atoms with Crippen molar-refractivity contribution in [1.82, 2.24) is 0 Å². The first-order valence-corrected chi connectivity index (χ1v) is 9.27. The smallest absolute Gasteiger partial charge is 0.323 e. The van der Waals surface area contributed by atoms with Gasteiger partial charge in [-0.1, -0.05) is 33.6 Å². The minimum absolute atomic E-state index is 0.271. The van der Waals surface area contributed by atoms with Crippen molar-refractivity contribution in [2.45, 2.75) is 26.0 Å². The zero-order chi connectivity index (χ0) is 19.1. The number of carbonyl (C=O) groups excluding carboxylic acids is 1. The Hall–Kier alpha value is -1.76. The van der Waals surface area contributed by atoms with Crippen LogP contribution in [0.5, 0.6) is 11.5 Å². The lowest BCUT2D eigenvalue weighted by atomic mass is 10.0. The van der Waals surface area contributed by atoms with Crippen molar-refractivity contribution in [3.63, 3.8) is 0 Å². The molecule has 0 bridgehead atoms. The molecule has 0 saturated heterocycles. The lowest BCUT2D eigenvalue weighted by Crippen LogP contribution is -2.34. The molecule has 0 radical (unpaired) electrons. The molecule has 0 heterocycles. The normalized spacial score (nSPS) is 11.7. The minimum atomic E-state index is -0.710. The number of hydrogen-bond donors (Lipinski definition) is 1. The van der Waals surface area contributed by atoms with Crippen LogP contribution in [0.3, 0.4) is 0 Å². The zero-order valence-corrected chi connectivity index (χ0v) is 17.0. The van der Waals surface area contributed by atoms with Crippen LogP contribution >= 0.6 is 27.5 Å². The maximum Gasteiger partial charge on any atom is 0.323 e. The van der Waals surface area contributed by atoms with Gasteiger partial charge in [-0.05, 0) is 49.2 Å². The van der Waals surface area contributed by atoms with E-state index in [2.05, 4.69) is 15.9 Å². The Morgan fingerprint density at radius 1 is 1.23 bits per heavy atom. The topological polar surface area (TPSA) is 70.8 Å². The molecule has 0 saturated carbocycles. The highest BCUT2D eigenvalue weighted by Crippen LogP contribution is 2.29. The lowest BCUT2D eigenvalue weighted by Gasteiger charge is -2.15. The van der Waals surface area contributed by atoms with Gasteiger partial charge < -0.3 is 19.9 Å². The molecule has 140 valence electrons. The van der Waals surface area contributed by atoms with Crippen molar-refractivity contribution >= 4 is 33.5 Å². The number of esters is 1. The van der Waals surface area contributed by atoms with E-state index >= 15 is 0 Å². The summed E-state index contributed by atoms with van der Waals surface area (Å²) in [5, 5.41) is 0.513. The van der Waals surface area contributed by atoms with Crippen molar-refractivity contribution in [2.24, 2.45) is 5.73 Å². The Morgan fingerprint density at radius 3 is 2.62 bits per heavy atom. The first-order chi connectivity index (χ1) is 12.4. The van der Waals surface area contributed by atoms with Crippen molar-refractivity contribution < 1.29 is 19.0 Å². The zero-order valence-electron chi connectivity index (χ0n) is 14.6. The van der Waals surface area contributed by atoms with E-state index in [-0.39, 0.29) is 6.61 Å². The van der Waals surface area contributed by atoms with Gasteiger partial charge >= 0.3 is 5.97 Å². The fraction of sp³-hybridized carbons (Fsp3) is 0.316. The molecular formula is C19H21BrClNO4. The number of methoxy groups -OCH3 is 1. The van der Waals surface area contributed by atoms with Gasteiger partial charge in [0.2, 0.25) is 0 Å². The van der Waals surface area contributed by atoms with E-state index in [1.54, 1.807) is 26.2 Å². The predicted octanol–water partition coefficient (Wildman–Crippen LogP) is 4.12. The van der Waals surface area contributed by atoms with Crippen LogP contribution < -0.4 is 15.2 Å². The van der Waals surface area contributed by atoms with E-state index in [9.17, 15) is 4.79 Å². The fourth-order valence-electron chi connectivity index (χ4n) is 2.41. The number of nitrogens with two attached hydrogens (primary N) is 1. The lowest BCUT2D eigenvalue weighted by molar-refractivity contribution is -0.144. The van der Waals surface area contributed by atoms with Crippen LogP contribution in [0.15, 0.2) is 40.9 Å². The third kappa shape index (κ3) is 5.62. The average molecular weight is 443 g/mol. The quantitative estimate of drug-likeness (QED) is 0.623. The van der Waals surface area contributed by atoms with E-state index in [1.807, 2.05) is 24.3 Å². The summed E-state index contributed by atoms with van der Waals surface area (Å²) < 4.78 is 17.0. The van der Waals surface area contributed by atoms with Gasteiger partial charge in [0, 0.05) is 10.0 Å². The molecule has 1 unspecified atom stereocenters. The molecule has 26 heavy (non-hydrogen) atoms. The van der Waals surface area contributed by atoms with Crippen LogP contribution in [0.25, 0.3) is 0 Å². The van der Waals surface area contributed by atoms with Crippen LogP contribution in [0, 0.1) is 0 Å². The summed E-state index contributed by atoms with van der Waals surface area (Å²) in [6.45, 7) is 2.33. The molecule has 0 aliphatic rings. The first-order valence-electron chi connectivity index (χ1n) is 8.10. The average Bonchev–Trinajstić information content (AvgIpc) is 2.61. The van der Waals surface area contributed by atoms with Crippen LogP contribution in [-0.4, -0.2) is 25.7 Å². The summed E-state index contributed by atoms with van der Waals surface area (Å²) >= 11 is 9.54. The van der Waals surface area contributed by atoms with Gasteiger partial charge in [-0.2, -0.15) is 0 Å². The molecule has 0 fully saturated rings. The van der Waals surface area contributed by atoms with E-state index in [0.717, 1.165) is 15.6 Å². The number of hydrogen-bond acceptors (Lipinski definition) is 5. The molecule has 0 aliphatic carbocycles. The van der Waals surface area contributed by atoms with Crippen molar-refractivity contribution in [2.75, 3.05) is 13.7 Å². The molecule has 1 atom stereocenters. The highest BCUT2D eigenvalue weighted by atomic mass is 79.9. The molecule has 2 N–H and O–H groups in total. The SMILES string of the molecule is CCOC(=O)C(N)Cc1ccc(OC)c(COc2ccc(Br)cc2Cl)c1. The van der Waals surface area contributed by atoms with Crippen molar-refractivity contribution in [3.8, 4) is 11.5 Å². The van der Waals surface area contributed by atoms with Gasteiger partial charge in [0.05, 0.1) is 18.7 Å². The Morgan fingerprint density at radius 2 is 1.96 bits per heavy atom. The van der Waals surface area contributed by atoms with Crippen LogP contribution in [0.2, 0.25) is 5.02 Å². The molecule has 2 aromatic carbocycles. The maximum absolute atomic E-state index is 11.7. The van der Waals surface area contributed by atoms with E-state index in [4.69, 9.17) is 31.5 Å². The summed E-state index contributed by atoms with van der Waals surface area (Å²) in [7, 11) is 1.59. The minimum Gasteiger partial charge on any atom is -0.496 e. The van der Waals surface area contributed by atoms with Gasteiger partial charge in [0.25, 0.3) is 0 Å².